The number of nitrogens with zero attached hydrogens (tertiary/aromatic N) is 2. The highest BCUT2D eigenvalue weighted by atomic mass is 16.2. The third-order valence-corrected chi connectivity index (χ3v) is 2.98. The van der Waals surface area contributed by atoms with Gasteiger partial charge in [0.1, 0.15) is 5.54 Å². The summed E-state index contributed by atoms with van der Waals surface area (Å²) in [6, 6.07) is 11.3. The second kappa shape index (κ2) is 6.18. The molecule has 1 rings (SSSR count). The summed E-state index contributed by atoms with van der Waals surface area (Å²) in [5.41, 5.74) is 5.89. The van der Waals surface area contributed by atoms with Crippen LogP contribution in [-0.2, 0) is 10.3 Å². The van der Waals surface area contributed by atoms with Crippen molar-refractivity contribution in [2.24, 2.45) is 5.73 Å². The van der Waals surface area contributed by atoms with Crippen molar-refractivity contribution in [3.8, 4) is 6.07 Å². The highest BCUT2D eigenvalue weighted by Crippen LogP contribution is 2.20. The van der Waals surface area contributed by atoms with Crippen LogP contribution in [0.15, 0.2) is 30.3 Å². The predicted octanol–water partition coefficient (Wildman–Crippen LogP) is 1.62. The van der Waals surface area contributed by atoms with Crippen LogP contribution >= 0.6 is 0 Å². The smallest absolute Gasteiger partial charge is 0.246 e. The van der Waals surface area contributed by atoms with Crippen LogP contribution in [0.4, 0.5) is 0 Å². The Labute approximate surface area is 108 Å². The minimum Gasteiger partial charge on any atom is -0.340 e. The number of amides is 1. The minimum atomic E-state index is -1.05. The van der Waals surface area contributed by atoms with Crippen molar-refractivity contribution in [3.05, 3.63) is 35.9 Å². The normalized spacial score (nSPS) is 13.4. The number of likely N-dealkylation sites (N-methyl/N-ethyl adjacent to an activating group) is 1. The van der Waals surface area contributed by atoms with Gasteiger partial charge in [-0.15, -0.1) is 0 Å². The summed E-state index contributed by atoms with van der Waals surface area (Å²) in [5.74, 6) is -0.147. The lowest BCUT2D eigenvalue weighted by molar-refractivity contribution is -0.136. The lowest BCUT2D eigenvalue weighted by Gasteiger charge is -2.31. The van der Waals surface area contributed by atoms with Gasteiger partial charge >= 0.3 is 0 Å². The summed E-state index contributed by atoms with van der Waals surface area (Å²) in [6.07, 6.45) is 0.324. The largest absolute Gasteiger partial charge is 0.340 e. The number of hydrogen-bond acceptors (Lipinski definition) is 3. The van der Waals surface area contributed by atoms with Gasteiger partial charge in [0.15, 0.2) is 0 Å². The molecule has 4 heteroatoms. The van der Waals surface area contributed by atoms with Gasteiger partial charge in [-0.3, -0.25) is 4.79 Å². The Bertz CT molecular complexity index is 434. The second-order valence-electron chi connectivity index (χ2n) is 4.36. The third-order valence-electron chi connectivity index (χ3n) is 2.98. The van der Waals surface area contributed by atoms with E-state index in [4.69, 9.17) is 11.0 Å². The van der Waals surface area contributed by atoms with E-state index in [0.717, 1.165) is 5.56 Å². The second-order valence-corrected chi connectivity index (χ2v) is 4.36. The monoisotopic (exact) mass is 245 g/mol. The first-order valence-electron chi connectivity index (χ1n) is 6.04. The summed E-state index contributed by atoms with van der Waals surface area (Å²) in [6.45, 7) is 4.57. The molecule has 0 saturated heterocycles. The molecule has 0 heterocycles. The summed E-state index contributed by atoms with van der Waals surface area (Å²) in [7, 11) is 0. The van der Waals surface area contributed by atoms with E-state index in [0.29, 0.717) is 19.5 Å². The van der Waals surface area contributed by atoms with Crippen molar-refractivity contribution in [1.29, 1.82) is 5.26 Å². The van der Waals surface area contributed by atoms with Gasteiger partial charge in [0.05, 0.1) is 12.5 Å². The molecule has 1 aromatic rings. The van der Waals surface area contributed by atoms with Gasteiger partial charge in [-0.25, -0.2) is 0 Å². The average molecular weight is 245 g/mol. The van der Waals surface area contributed by atoms with E-state index in [1.54, 1.807) is 11.8 Å². The molecule has 0 spiro atoms. The fraction of sp³-hybridized carbons (Fsp3) is 0.429. The highest BCUT2D eigenvalue weighted by Gasteiger charge is 2.33. The fourth-order valence-electron chi connectivity index (χ4n) is 1.82. The van der Waals surface area contributed by atoms with Gasteiger partial charge in [0.2, 0.25) is 5.91 Å². The quantitative estimate of drug-likeness (QED) is 0.857. The maximum atomic E-state index is 12.4. The van der Waals surface area contributed by atoms with E-state index in [2.05, 4.69) is 0 Å². The number of carbonyl (C=O) groups is 1. The first kappa shape index (κ1) is 14.2. The van der Waals surface area contributed by atoms with Gasteiger partial charge in [-0.05, 0) is 19.4 Å². The van der Waals surface area contributed by atoms with Gasteiger partial charge < -0.3 is 10.6 Å². The summed E-state index contributed by atoms with van der Waals surface area (Å²) in [5, 5.41) is 8.59. The van der Waals surface area contributed by atoms with Gasteiger partial charge in [0.25, 0.3) is 0 Å². The topological polar surface area (TPSA) is 70.1 Å². The molecule has 0 aromatic heterocycles. The Morgan fingerprint density at radius 3 is 2.56 bits per heavy atom. The van der Waals surface area contributed by atoms with Gasteiger partial charge in [-0.2, -0.15) is 5.26 Å². The molecule has 4 nitrogen and oxygen atoms in total. The summed E-state index contributed by atoms with van der Waals surface area (Å²) >= 11 is 0. The molecule has 0 fully saturated rings. The van der Waals surface area contributed by atoms with Crippen LogP contribution in [0.2, 0.25) is 0 Å². The van der Waals surface area contributed by atoms with Crippen molar-refractivity contribution in [1.82, 2.24) is 4.90 Å². The molecule has 0 radical (unpaired) electrons. The van der Waals surface area contributed by atoms with Gasteiger partial charge in [-0.1, -0.05) is 30.3 Å². The van der Waals surface area contributed by atoms with Crippen LogP contribution in [0.3, 0.4) is 0 Å². The van der Waals surface area contributed by atoms with Crippen molar-refractivity contribution in [2.45, 2.75) is 25.8 Å². The molecule has 0 bridgehead atoms. The molecule has 0 aliphatic heterocycles. The molecular formula is C14H19N3O. The van der Waals surface area contributed by atoms with Crippen molar-refractivity contribution < 1.29 is 4.79 Å². The maximum Gasteiger partial charge on any atom is 0.246 e. The molecule has 1 aromatic carbocycles. The summed E-state index contributed by atoms with van der Waals surface area (Å²) in [4.78, 5) is 14.0. The third kappa shape index (κ3) is 3.08. The van der Waals surface area contributed by atoms with E-state index >= 15 is 0 Å². The molecule has 96 valence electrons. The van der Waals surface area contributed by atoms with Crippen LogP contribution in [0.25, 0.3) is 0 Å². The standard InChI is InChI=1S/C14H19N3O/c1-3-17(11-7-10-15)13(18)14(2,16)12-8-5-4-6-9-12/h4-6,8-9H,3,7,11,16H2,1-2H3. The Hall–Kier alpha value is -1.86. The van der Waals surface area contributed by atoms with E-state index in [-0.39, 0.29) is 5.91 Å². The molecule has 0 saturated carbocycles. The van der Waals surface area contributed by atoms with Crippen molar-refractivity contribution >= 4 is 5.91 Å². The Morgan fingerprint density at radius 2 is 2.06 bits per heavy atom. The molecule has 2 N–H and O–H groups in total. The van der Waals surface area contributed by atoms with Crippen LogP contribution in [0.1, 0.15) is 25.8 Å². The minimum absolute atomic E-state index is 0.147. The Kier molecular flexibility index (Phi) is 4.87. The lowest BCUT2D eigenvalue weighted by Crippen LogP contribution is -2.51. The summed E-state index contributed by atoms with van der Waals surface area (Å²) < 4.78 is 0. The van der Waals surface area contributed by atoms with E-state index in [1.807, 2.05) is 43.3 Å². The van der Waals surface area contributed by atoms with Crippen LogP contribution in [0.5, 0.6) is 0 Å². The number of rotatable bonds is 5. The first-order chi connectivity index (χ1) is 8.54. The van der Waals surface area contributed by atoms with Gasteiger partial charge in [0, 0.05) is 13.1 Å². The van der Waals surface area contributed by atoms with E-state index < -0.39 is 5.54 Å². The molecule has 0 aliphatic carbocycles. The molecule has 0 aliphatic rings. The van der Waals surface area contributed by atoms with Crippen LogP contribution in [0, 0.1) is 11.3 Å². The maximum absolute atomic E-state index is 12.4. The first-order valence-corrected chi connectivity index (χ1v) is 6.04. The number of nitrogens with two attached hydrogens (primary N) is 1. The van der Waals surface area contributed by atoms with E-state index in [1.165, 1.54) is 0 Å². The SMILES string of the molecule is CCN(CCC#N)C(=O)C(C)(N)c1ccccc1. The van der Waals surface area contributed by atoms with Crippen molar-refractivity contribution in [2.75, 3.05) is 13.1 Å². The lowest BCUT2D eigenvalue weighted by atomic mass is 9.91. The Morgan fingerprint density at radius 1 is 1.44 bits per heavy atom. The molecule has 1 unspecified atom stereocenters. The molecule has 1 amide bonds. The van der Waals surface area contributed by atoms with Crippen LogP contribution < -0.4 is 5.73 Å². The zero-order chi connectivity index (χ0) is 13.6. The predicted molar refractivity (Wildman–Crippen MR) is 70.5 cm³/mol. The number of nitriles is 1. The molecule has 18 heavy (non-hydrogen) atoms. The molecule has 1 atom stereocenters. The number of benzene rings is 1. The number of hydrogen-bond donors (Lipinski definition) is 1. The fourth-order valence-corrected chi connectivity index (χ4v) is 1.82. The Balaban J connectivity index is 2.90. The van der Waals surface area contributed by atoms with E-state index in [9.17, 15) is 4.79 Å². The highest BCUT2D eigenvalue weighted by molar-refractivity contribution is 5.87. The van der Waals surface area contributed by atoms with Crippen LogP contribution in [-0.4, -0.2) is 23.9 Å². The van der Waals surface area contributed by atoms with Crippen molar-refractivity contribution in [3.63, 3.8) is 0 Å². The molecular weight excluding hydrogens is 226 g/mol. The number of carbonyl (C=O) groups excluding carboxylic acids is 1. The average Bonchev–Trinajstić information content (AvgIpc) is 2.40. The zero-order valence-electron chi connectivity index (χ0n) is 10.9. The zero-order valence-corrected chi connectivity index (χ0v) is 10.9.